The van der Waals surface area contributed by atoms with Crippen molar-refractivity contribution in [1.29, 1.82) is 0 Å². The Labute approximate surface area is 176 Å². The molecule has 4 nitrogen and oxygen atoms in total. The maximum atomic E-state index is 5.01. The molecule has 146 valence electrons. The number of benzene rings is 3. The van der Waals surface area contributed by atoms with Crippen molar-refractivity contribution in [3.63, 3.8) is 0 Å². The lowest BCUT2D eigenvalue weighted by atomic mass is 9.95. The molecule has 0 N–H and O–H groups in total. The van der Waals surface area contributed by atoms with Crippen LogP contribution in [0.15, 0.2) is 88.6 Å². The van der Waals surface area contributed by atoms with Crippen LogP contribution in [0.4, 0.5) is 17.1 Å². The SMILES string of the molecule is CCC(C)c1cc(N(c2ccccc2)c2ccccc2)cc(-c2ncon2)c1S. The highest BCUT2D eigenvalue weighted by molar-refractivity contribution is 7.80. The normalized spacial score (nSPS) is 12.0. The van der Waals surface area contributed by atoms with E-state index < -0.39 is 0 Å². The molecule has 0 saturated carbocycles. The van der Waals surface area contributed by atoms with E-state index in [1.54, 1.807) is 0 Å². The Bertz CT molecular complexity index is 1030. The van der Waals surface area contributed by atoms with Gasteiger partial charge in [0.1, 0.15) is 0 Å². The molecule has 5 heteroatoms. The van der Waals surface area contributed by atoms with Crippen molar-refractivity contribution >= 4 is 29.7 Å². The molecule has 1 unspecified atom stereocenters. The van der Waals surface area contributed by atoms with Gasteiger partial charge in [-0.25, -0.2) is 0 Å². The second-order valence-electron chi connectivity index (χ2n) is 7.00. The average Bonchev–Trinajstić information content (AvgIpc) is 3.30. The minimum atomic E-state index is 0.349. The van der Waals surface area contributed by atoms with Crippen LogP contribution in [0, 0.1) is 0 Å². The molecule has 3 aromatic carbocycles. The lowest BCUT2D eigenvalue weighted by molar-refractivity contribution is 0.418. The molecular weight excluding hydrogens is 378 g/mol. The van der Waals surface area contributed by atoms with Crippen LogP contribution in [-0.2, 0) is 0 Å². The Morgan fingerprint density at radius 2 is 1.55 bits per heavy atom. The largest absolute Gasteiger partial charge is 0.342 e. The molecule has 1 heterocycles. The summed E-state index contributed by atoms with van der Waals surface area (Å²) in [7, 11) is 0. The van der Waals surface area contributed by atoms with Gasteiger partial charge in [0, 0.05) is 27.5 Å². The Morgan fingerprint density at radius 3 is 2.07 bits per heavy atom. The van der Waals surface area contributed by atoms with Gasteiger partial charge in [-0.15, -0.1) is 12.6 Å². The summed E-state index contributed by atoms with van der Waals surface area (Å²) in [4.78, 5) is 7.41. The Hall–Kier alpha value is -3.05. The Kier molecular flexibility index (Phi) is 5.67. The number of rotatable bonds is 6. The van der Waals surface area contributed by atoms with Crippen molar-refractivity contribution in [2.75, 3.05) is 4.90 Å². The van der Waals surface area contributed by atoms with Crippen LogP contribution in [0.2, 0.25) is 0 Å². The number of anilines is 3. The van der Waals surface area contributed by atoms with Gasteiger partial charge in [0.15, 0.2) is 0 Å². The minimum Gasteiger partial charge on any atom is -0.342 e. The summed E-state index contributed by atoms with van der Waals surface area (Å²) in [6.45, 7) is 4.40. The smallest absolute Gasteiger partial charge is 0.214 e. The van der Waals surface area contributed by atoms with Crippen molar-refractivity contribution in [3.8, 4) is 11.4 Å². The van der Waals surface area contributed by atoms with Gasteiger partial charge in [-0.1, -0.05) is 55.4 Å². The topological polar surface area (TPSA) is 42.2 Å². The van der Waals surface area contributed by atoms with E-state index in [2.05, 4.69) is 65.3 Å². The van der Waals surface area contributed by atoms with Crippen molar-refractivity contribution < 1.29 is 4.52 Å². The number of para-hydroxylation sites is 2. The van der Waals surface area contributed by atoms with Crippen LogP contribution >= 0.6 is 12.6 Å². The molecule has 0 spiro atoms. The van der Waals surface area contributed by atoms with Gasteiger partial charge in [-0.2, -0.15) is 4.98 Å². The number of aromatic nitrogens is 2. The fourth-order valence-corrected chi connectivity index (χ4v) is 3.88. The first-order valence-electron chi connectivity index (χ1n) is 9.73. The maximum absolute atomic E-state index is 5.01. The van der Waals surface area contributed by atoms with E-state index in [0.717, 1.165) is 33.9 Å². The number of thiol groups is 1. The molecule has 0 aliphatic heterocycles. The highest BCUT2D eigenvalue weighted by Gasteiger charge is 2.20. The third-order valence-electron chi connectivity index (χ3n) is 5.16. The van der Waals surface area contributed by atoms with Crippen LogP contribution in [0.1, 0.15) is 31.7 Å². The molecular formula is C24H23N3OS. The summed E-state index contributed by atoms with van der Waals surface area (Å²) in [5.74, 6) is 0.893. The molecule has 4 rings (SSSR count). The summed E-state index contributed by atoms with van der Waals surface area (Å²) in [5, 5.41) is 4.07. The first-order valence-corrected chi connectivity index (χ1v) is 10.2. The van der Waals surface area contributed by atoms with Gasteiger partial charge in [0.2, 0.25) is 12.2 Å². The summed E-state index contributed by atoms with van der Waals surface area (Å²) >= 11 is 4.84. The van der Waals surface area contributed by atoms with Gasteiger partial charge in [-0.05, 0) is 54.3 Å². The Morgan fingerprint density at radius 1 is 0.931 bits per heavy atom. The van der Waals surface area contributed by atoms with E-state index in [0.29, 0.717) is 11.7 Å². The lowest BCUT2D eigenvalue weighted by Gasteiger charge is -2.27. The standard InChI is InChI=1S/C24H23N3OS/c1-3-17(2)21-14-20(15-22(23(21)29)24-25-16-28-26-24)27(18-10-6-4-7-11-18)19-12-8-5-9-13-19/h4-17,29H,3H2,1-2H3. The van der Waals surface area contributed by atoms with E-state index in [1.165, 1.54) is 12.0 Å². The molecule has 0 bridgehead atoms. The fraction of sp³-hybridized carbons (Fsp3) is 0.167. The molecule has 0 radical (unpaired) electrons. The maximum Gasteiger partial charge on any atom is 0.214 e. The predicted molar refractivity (Wildman–Crippen MR) is 120 cm³/mol. The zero-order valence-electron chi connectivity index (χ0n) is 16.5. The highest BCUT2D eigenvalue weighted by Crippen LogP contribution is 2.41. The summed E-state index contributed by atoms with van der Waals surface area (Å²) in [5.41, 5.74) is 5.24. The van der Waals surface area contributed by atoms with E-state index >= 15 is 0 Å². The van der Waals surface area contributed by atoms with Gasteiger partial charge in [0.05, 0.1) is 0 Å². The lowest BCUT2D eigenvalue weighted by Crippen LogP contribution is -2.11. The fourth-order valence-electron chi connectivity index (χ4n) is 3.43. The van der Waals surface area contributed by atoms with E-state index in [9.17, 15) is 0 Å². The van der Waals surface area contributed by atoms with Crippen molar-refractivity contribution in [3.05, 3.63) is 84.8 Å². The van der Waals surface area contributed by atoms with Crippen LogP contribution in [-0.4, -0.2) is 10.1 Å². The van der Waals surface area contributed by atoms with Crippen molar-refractivity contribution in [2.24, 2.45) is 0 Å². The molecule has 29 heavy (non-hydrogen) atoms. The Balaban J connectivity index is 1.96. The average molecular weight is 402 g/mol. The molecule has 0 saturated heterocycles. The van der Waals surface area contributed by atoms with Crippen LogP contribution < -0.4 is 4.90 Å². The third kappa shape index (κ3) is 3.91. The summed E-state index contributed by atoms with van der Waals surface area (Å²) in [6.07, 6.45) is 2.36. The molecule has 0 aliphatic carbocycles. The van der Waals surface area contributed by atoms with Crippen LogP contribution in [0.5, 0.6) is 0 Å². The second-order valence-corrected chi connectivity index (χ2v) is 7.45. The first-order chi connectivity index (χ1) is 14.2. The quantitative estimate of drug-likeness (QED) is 0.353. The third-order valence-corrected chi connectivity index (χ3v) is 5.66. The van der Waals surface area contributed by atoms with E-state index in [4.69, 9.17) is 17.2 Å². The predicted octanol–water partition coefficient (Wildman–Crippen LogP) is 7.01. The minimum absolute atomic E-state index is 0.349. The van der Waals surface area contributed by atoms with E-state index in [1.807, 2.05) is 36.4 Å². The van der Waals surface area contributed by atoms with Gasteiger partial charge in [0.25, 0.3) is 0 Å². The molecule has 0 fully saturated rings. The molecule has 1 aromatic heterocycles. The van der Waals surface area contributed by atoms with Crippen LogP contribution in [0.25, 0.3) is 11.4 Å². The van der Waals surface area contributed by atoms with Gasteiger partial charge >= 0.3 is 0 Å². The second kappa shape index (κ2) is 8.53. The molecule has 0 aliphatic rings. The first kappa shape index (κ1) is 19.3. The molecule has 4 aromatic rings. The van der Waals surface area contributed by atoms with Gasteiger partial charge < -0.3 is 9.42 Å². The molecule has 0 amide bonds. The number of hydrogen-bond acceptors (Lipinski definition) is 5. The number of hydrogen-bond donors (Lipinski definition) is 1. The number of nitrogens with zero attached hydrogens (tertiary/aromatic N) is 3. The monoisotopic (exact) mass is 401 g/mol. The highest BCUT2D eigenvalue weighted by atomic mass is 32.1. The summed E-state index contributed by atoms with van der Waals surface area (Å²) < 4.78 is 5.01. The van der Waals surface area contributed by atoms with E-state index in [-0.39, 0.29) is 0 Å². The summed E-state index contributed by atoms with van der Waals surface area (Å²) in [6, 6.07) is 25.0. The molecule has 1 atom stereocenters. The van der Waals surface area contributed by atoms with Crippen molar-refractivity contribution in [1.82, 2.24) is 10.1 Å². The van der Waals surface area contributed by atoms with Gasteiger partial charge in [-0.3, -0.25) is 0 Å². The zero-order valence-corrected chi connectivity index (χ0v) is 17.4. The zero-order chi connectivity index (χ0) is 20.2. The van der Waals surface area contributed by atoms with Crippen molar-refractivity contribution in [2.45, 2.75) is 31.1 Å². The van der Waals surface area contributed by atoms with Crippen LogP contribution in [0.3, 0.4) is 0 Å².